The Kier molecular flexibility index (Phi) is 4.93. The summed E-state index contributed by atoms with van der Waals surface area (Å²) in [6.07, 6.45) is 3.44. The summed E-state index contributed by atoms with van der Waals surface area (Å²) in [6.45, 7) is 3.40. The molecule has 0 fully saturated rings. The molecule has 0 spiro atoms. The Hall–Kier alpha value is -1.92. The van der Waals surface area contributed by atoms with E-state index in [0.717, 1.165) is 13.1 Å². The van der Waals surface area contributed by atoms with E-state index in [0.29, 0.717) is 22.1 Å². The SMILES string of the molecule is Cc1nc(Cl)ccc1C(=O)Nc1cnn(CCN(C)C)c1. The highest BCUT2D eigenvalue weighted by Gasteiger charge is 2.11. The monoisotopic (exact) mass is 307 g/mol. The number of amides is 1. The molecule has 112 valence electrons. The first kappa shape index (κ1) is 15.5. The van der Waals surface area contributed by atoms with Crippen molar-refractivity contribution in [3.63, 3.8) is 0 Å². The Bertz CT molecular complexity index is 638. The van der Waals surface area contributed by atoms with Crippen LogP contribution in [0.3, 0.4) is 0 Å². The van der Waals surface area contributed by atoms with Gasteiger partial charge in [0.15, 0.2) is 0 Å². The van der Waals surface area contributed by atoms with Gasteiger partial charge < -0.3 is 10.2 Å². The Morgan fingerprint density at radius 2 is 2.19 bits per heavy atom. The van der Waals surface area contributed by atoms with Gasteiger partial charge in [-0.1, -0.05) is 11.6 Å². The van der Waals surface area contributed by atoms with E-state index in [-0.39, 0.29) is 5.91 Å². The summed E-state index contributed by atoms with van der Waals surface area (Å²) in [5.41, 5.74) is 1.76. The quantitative estimate of drug-likeness (QED) is 0.859. The van der Waals surface area contributed by atoms with E-state index in [4.69, 9.17) is 11.6 Å². The van der Waals surface area contributed by atoms with E-state index in [1.54, 1.807) is 36.1 Å². The number of carbonyl (C=O) groups is 1. The van der Waals surface area contributed by atoms with E-state index in [9.17, 15) is 4.79 Å². The molecule has 21 heavy (non-hydrogen) atoms. The predicted octanol–water partition coefficient (Wildman–Crippen LogP) is 2.05. The van der Waals surface area contributed by atoms with Crippen LogP contribution in [-0.4, -0.2) is 46.2 Å². The van der Waals surface area contributed by atoms with Crippen LogP contribution in [0.5, 0.6) is 0 Å². The fraction of sp³-hybridized carbons (Fsp3) is 0.357. The van der Waals surface area contributed by atoms with Gasteiger partial charge in [0.05, 0.1) is 29.7 Å². The molecule has 0 saturated carbocycles. The number of aryl methyl sites for hydroxylation is 1. The van der Waals surface area contributed by atoms with E-state index in [1.807, 2.05) is 14.1 Å². The molecule has 2 rings (SSSR count). The minimum absolute atomic E-state index is 0.219. The Labute approximate surface area is 128 Å². The molecule has 0 radical (unpaired) electrons. The predicted molar refractivity (Wildman–Crippen MR) is 82.7 cm³/mol. The fourth-order valence-electron chi connectivity index (χ4n) is 1.82. The van der Waals surface area contributed by atoms with Gasteiger partial charge in [-0.3, -0.25) is 9.48 Å². The second kappa shape index (κ2) is 6.69. The van der Waals surface area contributed by atoms with Gasteiger partial charge in [-0.25, -0.2) is 4.98 Å². The molecule has 0 saturated heterocycles. The number of rotatable bonds is 5. The lowest BCUT2D eigenvalue weighted by atomic mass is 10.2. The third-order valence-electron chi connectivity index (χ3n) is 2.96. The number of halogens is 1. The van der Waals surface area contributed by atoms with Crippen molar-refractivity contribution in [3.05, 3.63) is 40.9 Å². The van der Waals surface area contributed by atoms with Crippen molar-refractivity contribution in [3.8, 4) is 0 Å². The number of hydrogen-bond acceptors (Lipinski definition) is 4. The number of aromatic nitrogens is 3. The second-order valence-electron chi connectivity index (χ2n) is 5.02. The lowest BCUT2D eigenvalue weighted by Gasteiger charge is -2.08. The molecule has 2 aromatic heterocycles. The van der Waals surface area contributed by atoms with Crippen LogP contribution in [0.4, 0.5) is 5.69 Å². The molecule has 0 aromatic carbocycles. The number of carbonyl (C=O) groups excluding carboxylic acids is 1. The van der Waals surface area contributed by atoms with Crippen molar-refractivity contribution in [2.45, 2.75) is 13.5 Å². The Morgan fingerprint density at radius 3 is 2.86 bits per heavy atom. The highest BCUT2D eigenvalue weighted by molar-refractivity contribution is 6.29. The third kappa shape index (κ3) is 4.27. The van der Waals surface area contributed by atoms with Crippen molar-refractivity contribution in [2.75, 3.05) is 26.0 Å². The van der Waals surface area contributed by atoms with Crippen LogP contribution >= 0.6 is 11.6 Å². The van der Waals surface area contributed by atoms with Crippen LogP contribution in [0.2, 0.25) is 5.15 Å². The van der Waals surface area contributed by atoms with Gasteiger partial charge in [0.1, 0.15) is 5.15 Å². The van der Waals surface area contributed by atoms with Crippen LogP contribution in [0.1, 0.15) is 16.1 Å². The van der Waals surface area contributed by atoms with Gasteiger partial charge in [-0.2, -0.15) is 5.10 Å². The minimum Gasteiger partial charge on any atom is -0.319 e. The number of pyridine rings is 1. The topological polar surface area (TPSA) is 63.1 Å². The highest BCUT2D eigenvalue weighted by Crippen LogP contribution is 2.13. The first-order valence-electron chi connectivity index (χ1n) is 6.57. The number of hydrogen-bond donors (Lipinski definition) is 1. The van der Waals surface area contributed by atoms with E-state index < -0.39 is 0 Å². The molecule has 0 aliphatic heterocycles. The molecule has 1 N–H and O–H groups in total. The summed E-state index contributed by atoms with van der Waals surface area (Å²) in [5.74, 6) is -0.219. The van der Waals surface area contributed by atoms with Gasteiger partial charge in [0, 0.05) is 12.7 Å². The summed E-state index contributed by atoms with van der Waals surface area (Å²) >= 11 is 5.79. The van der Waals surface area contributed by atoms with Crippen molar-refractivity contribution < 1.29 is 4.79 Å². The minimum atomic E-state index is -0.219. The maximum absolute atomic E-state index is 12.2. The summed E-state index contributed by atoms with van der Waals surface area (Å²) in [6, 6.07) is 3.26. The normalized spacial score (nSPS) is 10.9. The Morgan fingerprint density at radius 1 is 1.43 bits per heavy atom. The number of likely N-dealkylation sites (N-methyl/N-ethyl adjacent to an activating group) is 1. The second-order valence-corrected chi connectivity index (χ2v) is 5.40. The van der Waals surface area contributed by atoms with Gasteiger partial charge in [-0.15, -0.1) is 0 Å². The third-order valence-corrected chi connectivity index (χ3v) is 3.17. The van der Waals surface area contributed by atoms with Crippen molar-refractivity contribution in [1.29, 1.82) is 0 Å². The maximum atomic E-state index is 12.2. The van der Waals surface area contributed by atoms with Crippen LogP contribution in [-0.2, 0) is 6.54 Å². The van der Waals surface area contributed by atoms with Crippen molar-refractivity contribution in [2.24, 2.45) is 0 Å². The summed E-state index contributed by atoms with van der Waals surface area (Å²) in [5, 5.41) is 7.39. The lowest BCUT2D eigenvalue weighted by molar-refractivity contribution is 0.102. The molecule has 1 amide bonds. The van der Waals surface area contributed by atoms with Gasteiger partial charge >= 0.3 is 0 Å². The number of nitrogens with zero attached hydrogens (tertiary/aromatic N) is 4. The summed E-state index contributed by atoms with van der Waals surface area (Å²) in [7, 11) is 4.00. The smallest absolute Gasteiger partial charge is 0.257 e. The first-order chi connectivity index (χ1) is 9.95. The largest absolute Gasteiger partial charge is 0.319 e. The Balaban J connectivity index is 2.02. The fourth-order valence-corrected chi connectivity index (χ4v) is 2.01. The van der Waals surface area contributed by atoms with Gasteiger partial charge in [0.2, 0.25) is 0 Å². The molecule has 2 aromatic rings. The molecule has 6 nitrogen and oxygen atoms in total. The lowest BCUT2D eigenvalue weighted by Crippen LogP contribution is -2.18. The average Bonchev–Trinajstić information content (AvgIpc) is 2.83. The summed E-state index contributed by atoms with van der Waals surface area (Å²) in [4.78, 5) is 18.3. The molecule has 0 atom stereocenters. The average molecular weight is 308 g/mol. The van der Waals surface area contributed by atoms with Gasteiger partial charge in [-0.05, 0) is 33.2 Å². The van der Waals surface area contributed by atoms with E-state index in [2.05, 4.69) is 20.3 Å². The zero-order valence-corrected chi connectivity index (χ0v) is 13.1. The molecular formula is C14H18ClN5O. The molecule has 0 bridgehead atoms. The molecule has 0 unspecified atom stereocenters. The van der Waals surface area contributed by atoms with Crippen LogP contribution < -0.4 is 5.32 Å². The molecular weight excluding hydrogens is 290 g/mol. The highest BCUT2D eigenvalue weighted by atomic mass is 35.5. The standard InChI is InChI=1S/C14H18ClN5O/c1-10-12(4-5-13(15)17-10)14(21)18-11-8-16-20(9-11)7-6-19(2)3/h4-5,8-9H,6-7H2,1-3H3,(H,18,21). The molecule has 7 heteroatoms. The number of nitrogens with one attached hydrogen (secondary N) is 1. The zero-order chi connectivity index (χ0) is 15.4. The van der Waals surface area contributed by atoms with Crippen LogP contribution in [0.15, 0.2) is 24.5 Å². The number of anilines is 1. The van der Waals surface area contributed by atoms with Crippen LogP contribution in [0, 0.1) is 6.92 Å². The maximum Gasteiger partial charge on any atom is 0.257 e. The van der Waals surface area contributed by atoms with E-state index in [1.165, 1.54) is 0 Å². The summed E-state index contributed by atoms with van der Waals surface area (Å²) < 4.78 is 1.79. The van der Waals surface area contributed by atoms with Crippen molar-refractivity contribution in [1.82, 2.24) is 19.7 Å². The van der Waals surface area contributed by atoms with Gasteiger partial charge in [0.25, 0.3) is 5.91 Å². The van der Waals surface area contributed by atoms with Crippen molar-refractivity contribution >= 4 is 23.2 Å². The zero-order valence-electron chi connectivity index (χ0n) is 12.3. The molecule has 0 aliphatic carbocycles. The van der Waals surface area contributed by atoms with E-state index >= 15 is 0 Å². The molecule has 0 aliphatic rings. The van der Waals surface area contributed by atoms with Crippen LogP contribution in [0.25, 0.3) is 0 Å². The first-order valence-corrected chi connectivity index (χ1v) is 6.95. The molecule has 2 heterocycles.